The summed E-state index contributed by atoms with van der Waals surface area (Å²) in [5.74, 6) is 0.763. The Morgan fingerprint density at radius 1 is 1.25 bits per heavy atom. The highest BCUT2D eigenvalue weighted by Crippen LogP contribution is 2.17. The lowest BCUT2D eigenvalue weighted by molar-refractivity contribution is 0.0952. The van der Waals surface area contributed by atoms with Crippen LogP contribution in [-0.4, -0.2) is 12.5 Å². The molecule has 0 saturated heterocycles. The van der Waals surface area contributed by atoms with E-state index in [1.54, 1.807) is 12.1 Å². The summed E-state index contributed by atoms with van der Waals surface area (Å²) in [7, 11) is 0. The standard InChI is InChI=1S/C16H23ClINO/c1-12(2)7-5-3-4-6-10-19-16(20)14-11-13(17)8-9-15(14)18/h8-9,11-12H,3-7,10H2,1-2H3,(H,19,20). The molecule has 0 heterocycles. The molecule has 20 heavy (non-hydrogen) atoms. The van der Waals surface area contributed by atoms with Gasteiger partial charge in [-0.2, -0.15) is 0 Å². The number of halogens is 2. The van der Waals surface area contributed by atoms with E-state index >= 15 is 0 Å². The number of benzene rings is 1. The molecule has 0 aliphatic rings. The second kappa shape index (κ2) is 9.61. The predicted octanol–water partition coefficient (Wildman–Crippen LogP) is 5.28. The minimum absolute atomic E-state index is 0.0286. The van der Waals surface area contributed by atoms with Gasteiger partial charge in [-0.3, -0.25) is 4.79 Å². The minimum Gasteiger partial charge on any atom is -0.352 e. The lowest BCUT2D eigenvalue weighted by Gasteiger charge is -2.08. The Bertz CT molecular complexity index is 434. The normalized spacial score (nSPS) is 10.8. The van der Waals surface area contributed by atoms with E-state index in [4.69, 9.17) is 11.6 Å². The van der Waals surface area contributed by atoms with Gasteiger partial charge in [0.25, 0.3) is 5.91 Å². The summed E-state index contributed by atoms with van der Waals surface area (Å²) in [5, 5.41) is 3.57. The molecule has 1 amide bonds. The Labute approximate surface area is 140 Å². The van der Waals surface area contributed by atoms with Crippen molar-refractivity contribution in [1.82, 2.24) is 5.32 Å². The van der Waals surface area contributed by atoms with Gasteiger partial charge < -0.3 is 5.32 Å². The first-order chi connectivity index (χ1) is 9.50. The Kier molecular flexibility index (Phi) is 8.53. The topological polar surface area (TPSA) is 29.1 Å². The van der Waals surface area contributed by atoms with Gasteiger partial charge in [-0.25, -0.2) is 0 Å². The number of carbonyl (C=O) groups is 1. The van der Waals surface area contributed by atoms with Gasteiger partial charge in [0, 0.05) is 15.1 Å². The summed E-state index contributed by atoms with van der Waals surface area (Å²) in [6.07, 6.45) is 6.06. The van der Waals surface area contributed by atoms with Crippen molar-refractivity contribution in [2.75, 3.05) is 6.54 Å². The van der Waals surface area contributed by atoms with Crippen LogP contribution in [-0.2, 0) is 0 Å². The third kappa shape index (κ3) is 6.93. The zero-order chi connectivity index (χ0) is 15.0. The van der Waals surface area contributed by atoms with Crippen LogP contribution in [0.25, 0.3) is 0 Å². The highest BCUT2D eigenvalue weighted by Gasteiger charge is 2.09. The fourth-order valence-electron chi connectivity index (χ4n) is 2.00. The maximum atomic E-state index is 12.0. The molecule has 1 aromatic rings. The lowest BCUT2D eigenvalue weighted by atomic mass is 10.0. The quantitative estimate of drug-likeness (QED) is 0.461. The van der Waals surface area contributed by atoms with Crippen LogP contribution >= 0.6 is 34.2 Å². The van der Waals surface area contributed by atoms with Gasteiger partial charge in [0.1, 0.15) is 0 Å². The molecule has 1 N–H and O–H groups in total. The van der Waals surface area contributed by atoms with E-state index in [9.17, 15) is 4.79 Å². The Balaban J connectivity index is 2.22. The van der Waals surface area contributed by atoms with Crippen LogP contribution in [0.4, 0.5) is 0 Å². The van der Waals surface area contributed by atoms with Gasteiger partial charge >= 0.3 is 0 Å². The zero-order valence-corrected chi connectivity index (χ0v) is 15.1. The highest BCUT2D eigenvalue weighted by atomic mass is 127. The van der Waals surface area contributed by atoms with Gasteiger partial charge in [-0.1, -0.05) is 51.1 Å². The maximum absolute atomic E-state index is 12.0. The first-order valence-corrected chi connectivity index (χ1v) is 8.69. The van der Waals surface area contributed by atoms with Gasteiger partial charge in [0.2, 0.25) is 0 Å². The van der Waals surface area contributed by atoms with Crippen molar-refractivity contribution in [1.29, 1.82) is 0 Å². The van der Waals surface area contributed by atoms with Crippen molar-refractivity contribution in [2.45, 2.75) is 46.0 Å². The largest absolute Gasteiger partial charge is 0.352 e. The monoisotopic (exact) mass is 407 g/mol. The highest BCUT2D eigenvalue weighted by molar-refractivity contribution is 14.1. The van der Waals surface area contributed by atoms with Crippen LogP contribution in [0.2, 0.25) is 5.02 Å². The van der Waals surface area contributed by atoms with Gasteiger partial charge in [0.15, 0.2) is 0 Å². The first kappa shape index (κ1) is 17.8. The molecule has 0 aliphatic carbocycles. The van der Waals surface area contributed by atoms with Gasteiger partial charge in [-0.05, 0) is 53.1 Å². The van der Waals surface area contributed by atoms with Gasteiger partial charge in [0.05, 0.1) is 5.56 Å². The summed E-state index contributed by atoms with van der Waals surface area (Å²) in [4.78, 5) is 12.0. The molecule has 0 aromatic heterocycles. The van der Waals surface area contributed by atoms with Crippen molar-refractivity contribution in [2.24, 2.45) is 5.92 Å². The number of hydrogen-bond donors (Lipinski definition) is 1. The molecule has 2 nitrogen and oxygen atoms in total. The average molecular weight is 408 g/mol. The maximum Gasteiger partial charge on any atom is 0.252 e. The molecule has 4 heteroatoms. The summed E-state index contributed by atoms with van der Waals surface area (Å²) >= 11 is 8.08. The average Bonchev–Trinajstić information content (AvgIpc) is 2.39. The van der Waals surface area contributed by atoms with Crippen molar-refractivity contribution < 1.29 is 4.79 Å². The molecule has 0 bridgehead atoms. The SMILES string of the molecule is CC(C)CCCCCCNC(=O)c1cc(Cl)ccc1I. The molecular formula is C16H23ClINO. The minimum atomic E-state index is -0.0286. The van der Waals surface area contributed by atoms with E-state index in [2.05, 4.69) is 41.8 Å². The van der Waals surface area contributed by atoms with Crippen LogP contribution in [0.15, 0.2) is 18.2 Å². The molecule has 112 valence electrons. The van der Waals surface area contributed by atoms with Crippen LogP contribution in [0.1, 0.15) is 56.3 Å². The van der Waals surface area contributed by atoms with Gasteiger partial charge in [-0.15, -0.1) is 0 Å². The van der Waals surface area contributed by atoms with Crippen LogP contribution in [0.5, 0.6) is 0 Å². The van der Waals surface area contributed by atoms with Crippen molar-refractivity contribution in [3.05, 3.63) is 32.4 Å². The second-order valence-corrected chi connectivity index (χ2v) is 7.08. The fraction of sp³-hybridized carbons (Fsp3) is 0.562. The summed E-state index contributed by atoms with van der Waals surface area (Å²) in [6, 6.07) is 5.39. The van der Waals surface area contributed by atoms with Crippen LogP contribution in [0, 0.1) is 9.49 Å². The third-order valence-electron chi connectivity index (χ3n) is 3.17. The Morgan fingerprint density at radius 3 is 2.65 bits per heavy atom. The van der Waals surface area contributed by atoms with E-state index < -0.39 is 0 Å². The van der Waals surface area contributed by atoms with E-state index in [1.807, 2.05) is 6.07 Å². The molecular weight excluding hydrogens is 385 g/mol. The number of amides is 1. The molecule has 0 atom stereocenters. The first-order valence-electron chi connectivity index (χ1n) is 7.24. The van der Waals surface area contributed by atoms with Crippen molar-refractivity contribution in [3.8, 4) is 0 Å². The number of rotatable bonds is 8. The molecule has 0 unspecified atom stereocenters. The number of nitrogens with one attached hydrogen (secondary N) is 1. The Hall–Kier alpha value is -0.290. The molecule has 1 rings (SSSR count). The van der Waals surface area contributed by atoms with Crippen molar-refractivity contribution in [3.63, 3.8) is 0 Å². The van der Waals surface area contributed by atoms with E-state index in [0.29, 0.717) is 10.6 Å². The lowest BCUT2D eigenvalue weighted by Crippen LogP contribution is -2.25. The second-order valence-electron chi connectivity index (χ2n) is 5.48. The van der Waals surface area contributed by atoms with E-state index in [0.717, 1.165) is 22.5 Å². The molecule has 0 spiro atoms. The zero-order valence-electron chi connectivity index (χ0n) is 12.2. The predicted molar refractivity (Wildman–Crippen MR) is 94.4 cm³/mol. The molecule has 1 aromatic carbocycles. The summed E-state index contributed by atoms with van der Waals surface area (Å²) in [6.45, 7) is 5.25. The third-order valence-corrected chi connectivity index (χ3v) is 4.34. The number of unbranched alkanes of at least 4 members (excludes halogenated alkanes) is 3. The van der Waals surface area contributed by atoms with Crippen LogP contribution < -0.4 is 5.32 Å². The number of carbonyl (C=O) groups excluding carboxylic acids is 1. The molecule has 0 radical (unpaired) electrons. The van der Waals surface area contributed by atoms with E-state index in [-0.39, 0.29) is 5.91 Å². The fourth-order valence-corrected chi connectivity index (χ4v) is 2.75. The Morgan fingerprint density at radius 2 is 1.95 bits per heavy atom. The van der Waals surface area contributed by atoms with Crippen LogP contribution in [0.3, 0.4) is 0 Å². The summed E-state index contributed by atoms with van der Waals surface area (Å²) < 4.78 is 0.932. The molecule has 0 aliphatic heterocycles. The smallest absolute Gasteiger partial charge is 0.252 e. The number of hydrogen-bond acceptors (Lipinski definition) is 1. The summed E-state index contributed by atoms with van der Waals surface area (Å²) in [5.41, 5.74) is 0.665. The molecule has 0 fully saturated rings. The molecule has 0 saturated carbocycles. The van der Waals surface area contributed by atoms with E-state index in [1.165, 1.54) is 25.7 Å². The van der Waals surface area contributed by atoms with Crippen molar-refractivity contribution >= 4 is 40.1 Å².